The molecular weight excluding hydrogens is 346 g/mol. The summed E-state index contributed by atoms with van der Waals surface area (Å²) in [5.74, 6) is 3.47. The van der Waals surface area contributed by atoms with Crippen LogP contribution in [-0.2, 0) is 9.47 Å². The van der Waals surface area contributed by atoms with Crippen LogP contribution in [0.5, 0.6) is 0 Å². The SMILES string of the molecule is CCCCCC1(C#N)COC(C2CCC(C3CCC(CCC)CC3)CC2)OC1. The average Bonchev–Trinajstić information content (AvgIpc) is 2.75. The Morgan fingerprint density at radius 2 is 1.36 bits per heavy atom. The van der Waals surface area contributed by atoms with E-state index in [2.05, 4.69) is 19.9 Å². The van der Waals surface area contributed by atoms with Crippen molar-refractivity contribution in [2.24, 2.45) is 29.1 Å². The van der Waals surface area contributed by atoms with Crippen LogP contribution in [0.4, 0.5) is 0 Å². The molecule has 0 aromatic carbocycles. The number of hydrogen-bond acceptors (Lipinski definition) is 3. The number of unbranched alkanes of at least 4 members (excludes halogenated alkanes) is 2. The fourth-order valence-electron chi connectivity index (χ4n) is 6.07. The lowest BCUT2D eigenvalue weighted by atomic mass is 9.68. The lowest BCUT2D eigenvalue weighted by Gasteiger charge is -2.42. The minimum absolute atomic E-state index is 0.0612. The molecule has 0 aromatic rings. The predicted molar refractivity (Wildman–Crippen MR) is 114 cm³/mol. The third-order valence-corrected chi connectivity index (χ3v) is 8.00. The molecule has 3 heteroatoms. The first-order valence-corrected chi connectivity index (χ1v) is 12.3. The highest BCUT2D eigenvalue weighted by atomic mass is 16.7. The van der Waals surface area contributed by atoms with Crippen LogP contribution in [0.25, 0.3) is 0 Å². The Labute approximate surface area is 173 Å². The first-order chi connectivity index (χ1) is 13.7. The van der Waals surface area contributed by atoms with E-state index in [4.69, 9.17) is 9.47 Å². The summed E-state index contributed by atoms with van der Waals surface area (Å²) in [6.45, 7) is 5.67. The Bertz CT molecular complexity index is 475. The molecule has 0 radical (unpaired) electrons. The Kier molecular flexibility index (Phi) is 8.67. The van der Waals surface area contributed by atoms with Crippen molar-refractivity contribution in [2.75, 3.05) is 13.2 Å². The van der Waals surface area contributed by atoms with Crippen LogP contribution in [0, 0.1) is 40.4 Å². The molecule has 1 aliphatic heterocycles. The van der Waals surface area contributed by atoms with Crippen molar-refractivity contribution in [1.29, 1.82) is 5.26 Å². The van der Waals surface area contributed by atoms with Crippen LogP contribution >= 0.6 is 0 Å². The van der Waals surface area contributed by atoms with Crippen molar-refractivity contribution >= 4 is 0 Å². The summed E-state index contributed by atoms with van der Waals surface area (Å²) >= 11 is 0. The Morgan fingerprint density at radius 3 is 1.89 bits per heavy atom. The molecule has 1 heterocycles. The van der Waals surface area contributed by atoms with Gasteiger partial charge in [0.2, 0.25) is 0 Å². The molecule has 0 aromatic heterocycles. The maximum atomic E-state index is 9.66. The van der Waals surface area contributed by atoms with E-state index < -0.39 is 5.41 Å². The number of hydrogen-bond donors (Lipinski definition) is 0. The monoisotopic (exact) mass is 389 g/mol. The molecule has 0 amide bonds. The summed E-state index contributed by atoms with van der Waals surface area (Å²) in [6.07, 6.45) is 18.2. The smallest absolute Gasteiger partial charge is 0.160 e. The van der Waals surface area contributed by atoms with Crippen LogP contribution in [0.1, 0.15) is 104 Å². The van der Waals surface area contributed by atoms with Gasteiger partial charge in [-0.2, -0.15) is 5.26 Å². The minimum Gasteiger partial charge on any atom is -0.351 e. The molecule has 0 spiro atoms. The molecule has 0 unspecified atom stereocenters. The van der Waals surface area contributed by atoms with Gasteiger partial charge in [-0.25, -0.2) is 0 Å². The van der Waals surface area contributed by atoms with Gasteiger partial charge in [0.05, 0.1) is 19.3 Å². The lowest BCUT2D eigenvalue weighted by Crippen LogP contribution is -2.44. The molecular formula is C25H43NO2. The number of nitriles is 1. The average molecular weight is 390 g/mol. The Morgan fingerprint density at radius 1 is 0.786 bits per heavy atom. The second-order valence-electron chi connectivity index (χ2n) is 10.1. The van der Waals surface area contributed by atoms with Gasteiger partial charge in [-0.15, -0.1) is 0 Å². The van der Waals surface area contributed by atoms with Gasteiger partial charge >= 0.3 is 0 Å². The number of ether oxygens (including phenoxy) is 2. The van der Waals surface area contributed by atoms with Crippen molar-refractivity contribution < 1.29 is 9.47 Å². The number of nitrogens with zero attached hydrogens (tertiary/aromatic N) is 1. The summed E-state index contributed by atoms with van der Waals surface area (Å²) in [7, 11) is 0. The van der Waals surface area contributed by atoms with E-state index in [9.17, 15) is 5.26 Å². The second kappa shape index (κ2) is 11.0. The van der Waals surface area contributed by atoms with Gasteiger partial charge in [-0.05, 0) is 62.7 Å². The van der Waals surface area contributed by atoms with Crippen molar-refractivity contribution in [1.82, 2.24) is 0 Å². The topological polar surface area (TPSA) is 42.2 Å². The quantitative estimate of drug-likeness (QED) is 0.426. The van der Waals surface area contributed by atoms with Crippen LogP contribution < -0.4 is 0 Å². The molecule has 0 bridgehead atoms. The molecule has 3 aliphatic rings. The van der Waals surface area contributed by atoms with Crippen LogP contribution in [0.2, 0.25) is 0 Å². The van der Waals surface area contributed by atoms with Gasteiger partial charge in [0.1, 0.15) is 5.41 Å². The molecule has 3 fully saturated rings. The standard InChI is InChI=1S/C25H43NO2/c1-3-5-6-16-25(17-26)18-27-24(28-19-25)23-14-12-22(13-15-23)21-10-8-20(7-4-2)9-11-21/h20-24H,3-16,18-19H2,1-2H3. The van der Waals surface area contributed by atoms with Crippen LogP contribution in [0.15, 0.2) is 0 Å². The fourth-order valence-corrected chi connectivity index (χ4v) is 6.07. The second-order valence-corrected chi connectivity index (χ2v) is 10.1. The summed E-state index contributed by atoms with van der Waals surface area (Å²) in [4.78, 5) is 0. The molecule has 3 nitrogen and oxygen atoms in total. The largest absolute Gasteiger partial charge is 0.351 e. The van der Waals surface area contributed by atoms with Crippen LogP contribution in [-0.4, -0.2) is 19.5 Å². The van der Waals surface area contributed by atoms with Crippen molar-refractivity contribution in [2.45, 2.75) is 110 Å². The van der Waals surface area contributed by atoms with Gasteiger partial charge in [-0.3, -0.25) is 0 Å². The molecule has 2 aliphatic carbocycles. The summed E-state index contributed by atoms with van der Waals surface area (Å²) in [5.41, 5.74) is -0.403. The predicted octanol–water partition coefficient (Wildman–Crippen LogP) is 6.86. The highest BCUT2D eigenvalue weighted by molar-refractivity contribution is 5.01. The summed E-state index contributed by atoms with van der Waals surface area (Å²) < 4.78 is 12.3. The zero-order valence-electron chi connectivity index (χ0n) is 18.5. The summed E-state index contributed by atoms with van der Waals surface area (Å²) in [5, 5.41) is 9.66. The normalized spacial score (nSPS) is 39.4. The molecule has 1 saturated heterocycles. The molecule has 2 saturated carbocycles. The van der Waals surface area contributed by atoms with Gasteiger partial charge in [-0.1, -0.05) is 58.8 Å². The molecule has 3 rings (SSSR count). The van der Waals surface area contributed by atoms with E-state index in [1.165, 1.54) is 77.0 Å². The van der Waals surface area contributed by atoms with E-state index in [-0.39, 0.29) is 6.29 Å². The molecule has 0 atom stereocenters. The lowest BCUT2D eigenvalue weighted by molar-refractivity contribution is -0.244. The van der Waals surface area contributed by atoms with E-state index in [1.807, 2.05) is 0 Å². The molecule has 28 heavy (non-hydrogen) atoms. The van der Waals surface area contributed by atoms with Crippen LogP contribution in [0.3, 0.4) is 0 Å². The first kappa shape index (κ1) is 22.1. The van der Waals surface area contributed by atoms with Gasteiger partial charge in [0.15, 0.2) is 6.29 Å². The van der Waals surface area contributed by atoms with Gasteiger partial charge < -0.3 is 9.47 Å². The van der Waals surface area contributed by atoms with E-state index in [1.54, 1.807) is 0 Å². The summed E-state index contributed by atoms with van der Waals surface area (Å²) in [6, 6.07) is 2.51. The van der Waals surface area contributed by atoms with Crippen molar-refractivity contribution in [3.8, 4) is 6.07 Å². The fraction of sp³-hybridized carbons (Fsp3) is 0.960. The number of rotatable bonds is 8. The van der Waals surface area contributed by atoms with Gasteiger partial charge in [0.25, 0.3) is 0 Å². The third kappa shape index (κ3) is 5.73. The maximum Gasteiger partial charge on any atom is 0.160 e. The minimum atomic E-state index is -0.403. The third-order valence-electron chi connectivity index (χ3n) is 8.00. The van der Waals surface area contributed by atoms with E-state index in [0.717, 1.165) is 30.6 Å². The van der Waals surface area contributed by atoms with Crippen molar-refractivity contribution in [3.05, 3.63) is 0 Å². The zero-order valence-corrected chi connectivity index (χ0v) is 18.5. The first-order valence-electron chi connectivity index (χ1n) is 12.3. The van der Waals surface area contributed by atoms with E-state index >= 15 is 0 Å². The van der Waals surface area contributed by atoms with E-state index in [0.29, 0.717) is 19.1 Å². The molecule has 0 N–H and O–H groups in total. The van der Waals surface area contributed by atoms with Crippen molar-refractivity contribution in [3.63, 3.8) is 0 Å². The zero-order chi connectivity index (χ0) is 19.8. The highest BCUT2D eigenvalue weighted by Gasteiger charge is 2.41. The Balaban J connectivity index is 1.38. The van der Waals surface area contributed by atoms with Gasteiger partial charge in [0, 0.05) is 5.92 Å². The maximum absolute atomic E-state index is 9.66. The Hall–Kier alpha value is -0.590. The highest BCUT2D eigenvalue weighted by Crippen LogP contribution is 2.44. The molecule has 160 valence electrons.